The first kappa shape index (κ1) is 18.7. The molecule has 6 heteroatoms. The molecule has 1 atom stereocenters. The Morgan fingerprint density at radius 3 is 2.95 bits per heavy atom. The molecule has 4 nitrogen and oxygen atoms in total. The standard InChI is InChI=1S/C15H25N3OS.HI/c1-3-16-14(17-8-5-13-6-10-20-11-13)18-12-15(2)7-4-9-19-15;/h6,10-11H,3-5,7-9,12H2,1-2H3,(H2,16,17,18);1H. The Morgan fingerprint density at radius 1 is 1.48 bits per heavy atom. The smallest absolute Gasteiger partial charge is 0.191 e. The molecule has 1 fully saturated rings. The van der Waals surface area contributed by atoms with Crippen LogP contribution < -0.4 is 10.6 Å². The van der Waals surface area contributed by atoms with Crippen LogP contribution in [0.25, 0.3) is 0 Å². The second kappa shape index (κ2) is 9.63. The lowest BCUT2D eigenvalue weighted by Gasteiger charge is -2.21. The van der Waals surface area contributed by atoms with Gasteiger partial charge in [0.25, 0.3) is 0 Å². The van der Waals surface area contributed by atoms with Gasteiger partial charge in [-0.1, -0.05) is 0 Å². The molecule has 21 heavy (non-hydrogen) atoms. The van der Waals surface area contributed by atoms with Crippen molar-refractivity contribution in [3.05, 3.63) is 22.4 Å². The predicted octanol–water partition coefficient (Wildman–Crippen LogP) is 3.03. The monoisotopic (exact) mass is 423 g/mol. The Bertz CT molecular complexity index is 417. The minimum absolute atomic E-state index is 0. The molecule has 120 valence electrons. The third kappa shape index (κ3) is 6.52. The SMILES string of the molecule is CCNC(=NCC1(C)CCCO1)NCCc1ccsc1.I. The largest absolute Gasteiger partial charge is 0.373 e. The molecule has 0 amide bonds. The number of halogens is 1. The first-order valence-electron chi connectivity index (χ1n) is 7.39. The molecule has 0 bridgehead atoms. The van der Waals surface area contributed by atoms with Crippen molar-refractivity contribution >= 4 is 41.3 Å². The van der Waals surface area contributed by atoms with E-state index in [0.29, 0.717) is 0 Å². The number of thiophene rings is 1. The first-order chi connectivity index (χ1) is 9.72. The van der Waals surface area contributed by atoms with E-state index in [-0.39, 0.29) is 29.6 Å². The maximum absolute atomic E-state index is 5.77. The average molecular weight is 423 g/mol. The fourth-order valence-corrected chi connectivity index (χ4v) is 3.01. The summed E-state index contributed by atoms with van der Waals surface area (Å²) in [6, 6.07) is 2.17. The highest BCUT2D eigenvalue weighted by Gasteiger charge is 2.29. The van der Waals surface area contributed by atoms with Gasteiger partial charge in [-0.2, -0.15) is 11.3 Å². The summed E-state index contributed by atoms with van der Waals surface area (Å²) in [5.74, 6) is 0.888. The number of hydrogen-bond donors (Lipinski definition) is 2. The van der Waals surface area contributed by atoms with Gasteiger partial charge in [-0.15, -0.1) is 24.0 Å². The molecule has 1 aromatic heterocycles. The zero-order valence-electron chi connectivity index (χ0n) is 12.9. The fourth-order valence-electron chi connectivity index (χ4n) is 2.31. The van der Waals surface area contributed by atoms with Crippen LogP contribution in [0.1, 0.15) is 32.3 Å². The summed E-state index contributed by atoms with van der Waals surface area (Å²) < 4.78 is 5.77. The van der Waals surface area contributed by atoms with Crippen LogP contribution in [-0.4, -0.2) is 37.8 Å². The minimum atomic E-state index is -0.0737. The Balaban J connectivity index is 0.00000220. The molecule has 0 aromatic carbocycles. The van der Waals surface area contributed by atoms with Crippen LogP contribution in [0.5, 0.6) is 0 Å². The van der Waals surface area contributed by atoms with Crippen molar-refractivity contribution in [1.29, 1.82) is 0 Å². The lowest BCUT2D eigenvalue weighted by molar-refractivity contribution is 0.0283. The maximum atomic E-state index is 5.77. The van der Waals surface area contributed by atoms with Crippen molar-refractivity contribution in [2.24, 2.45) is 4.99 Å². The molecule has 2 heterocycles. The van der Waals surface area contributed by atoms with Crippen molar-refractivity contribution in [2.75, 3.05) is 26.2 Å². The quantitative estimate of drug-likeness (QED) is 0.420. The van der Waals surface area contributed by atoms with E-state index in [1.165, 1.54) is 5.56 Å². The van der Waals surface area contributed by atoms with Gasteiger partial charge in [0.1, 0.15) is 0 Å². The maximum Gasteiger partial charge on any atom is 0.191 e. The highest BCUT2D eigenvalue weighted by atomic mass is 127. The Kier molecular flexibility index (Phi) is 8.58. The minimum Gasteiger partial charge on any atom is -0.373 e. The van der Waals surface area contributed by atoms with Gasteiger partial charge in [-0.3, -0.25) is 4.99 Å². The summed E-state index contributed by atoms with van der Waals surface area (Å²) in [7, 11) is 0. The molecule has 1 aliphatic rings. The number of guanidine groups is 1. The van der Waals surface area contributed by atoms with Gasteiger partial charge in [0.2, 0.25) is 0 Å². The third-order valence-corrected chi connectivity index (χ3v) is 4.23. The van der Waals surface area contributed by atoms with E-state index in [9.17, 15) is 0 Å². The summed E-state index contributed by atoms with van der Waals surface area (Å²) in [6.07, 6.45) is 3.28. The highest BCUT2D eigenvalue weighted by molar-refractivity contribution is 14.0. The predicted molar refractivity (Wildman–Crippen MR) is 101 cm³/mol. The van der Waals surface area contributed by atoms with Crippen molar-refractivity contribution < 1.29 is 4.74 Å². The van der Waals surface area contributed by atoms with Crippen molar-refractivity contribution in [3.63, 3.8) is 0 Å². The number of nitrogens with one attached hydrogen (secondary N) is 2. The van der Waals surface area contributed by atoms with Crippen LogP contribution in [-0.2, 0) is 11.2 Å². The molecule has 1 aliphatic heterocycles. The van der Waals surface area contributed by atoms with E-state index < -0.39 is 0 Å². The Morgan fingerprint density at radius 2 is 2.33 bits per heavy atom. The van der Waals surface area contributed by atoms with Crippen molar-refractivity contribution in [2.45, 2.75) is 38.7 Å². The molecule has 2 N–H and O–H groups in total. The normalized spacial score (nSPS) is 21.9. The van der Waals surface area contributed by atoms with E-state index in [1.54, 1.807) is 11.3 Å². The molecule has 0 aliphatic carbocycles. The number of aliphatic imine (C=N–C) groups is 1. The van der Waals surface area contributed by atoms with E-state index in [2.05, 4.69) is 46.3 Å². The summed E-state index contributed by atoms with van der Waals surface area (Å²) in [6.45, 7) is 7.61. The molecule has 0 spiro atoms. The van der Waals surface area contributed by atoms with E-state index >= 15 is 0 Å². The van der Waals surface area contributed by atoms with Crippen LogP contribution >= 0.6 is 35.3 Å². The molecule has 0 radical (unpaired) electrons. The van der Waals surface area contributed by atoms with Crippen molar-refractivity contribution in [3.8, 4) is 0 Å². The fraction of sp³-hybridized carbons (Fsp3) is 0.667. The summed E-state index contributed by atoms with van der Waals surface area (Å²) in [4.78, 5) is 4.66. The number of rotatable bonds is 6. The van der Waals surface area contributed by atoms with Crippen molar-refractivity contribution in [1.82, 2.24) is 10.6 Å². The van der Waals surface area contributed by atoms with Crippen LogP contribution in [0.2, 0.25) is 0 Å². The summed E-state index contributed by atoms with van der Waals surface area (Å²) in [5, 5.41) is 11.0. The summed E-state index contributed by atoms with van der Waals surface area (Å²) >= 11 is 1.75. The van der Waals surface area contributed by atoms with Gasteiger partial charge < -0.3 is 15.4 Å². The molecule has 1 saturated heterocycles. The Labute approximate surface area is 148 Å². The molecular weight excluding hydrogens is 397 g/mol. The van der Waals surface area contributed by atoms with E-state index in [1.807, 2.05) is 0 Å². The molecule has 0 saturated carbocycles. The molecule has 2 rings (SSSR count). The first-order valence-corrected chi connectivity index (χ1v) is 8.33. The second-order valence-electron chi connectivity index (χ2n) is 5.41. The second-order valence-corrected chi connectivity index (χ2v) is 6.19. The lowest BCUT2D eigenvalue weighted by atomic mass is 10.0. The van der Waals surface area contributed by atoms with Gasteiger partial charge in [-0.25, -0.2) is 0 Å². The molecule has 1 aromatic rings. The Hall–Kier alpha value is -0.340. The van der Waals surface area contributed by atoms with Crippen LogP contribution in [0, 0.1) is 0 Å². The topological polar surface area (TPSA) is 45.7 Å². The van der Waals surface area contributed by atoms with Crippen LogP contribution in [0.4, 0.5) is 0 Å². The van der Waals surface area contributed by atoms with Gasteiger partial charge >= 0.3 is 0 Å². The van der Waals surface area contributed by atoms with E-state index in [4.69, 9.17) is 4.74 Å². The number of hydrogen-bond acceptors (Lipinski definition) is 3. The van der Waals surface area contributed by atoms with Gasteiger partial charge in [0.15, 0.2) is 5.96 Å². The zero-order valence-corrected chi connectivity index (χ0v) is 16.0. The molecular formula is C15H26IN3OS. The van der Waals surface area contributed by atoms with Gasteiger partial charge in [-0.05, 0) is 55.5 Å². The van der Waals surface area contributed by atoms with Gasteiger partial charge in [0, 0.05) is 19.7 Å². The third-order valence-electron chi connectivity index (χ3n) is 3.50. The zero-order chi connectivity index (χ0) is 14.3. The summed E-state index contributed by atoms with van der Waals surface area (Å²) in [5.41, 5.74) is 1.31. The average Bonchev–Trinajstić information content (AvgIpc) is 3.08. The lowest BCUT2D eigenvalue weighted by Crippen LogP contribution is -2.40. The van der Waals surface area contributed by atoms with Gasteiger partial charge in [0.05, 0.1) is 12.1 Å². The van der Waals surface area contributed by atoms with Crippen LogP contribution in [0.3, 0.4) is 0 Å². The molecule has 1 unspecified atom stereocenters. The number of nitrogens with zero attached hydrogens (tertiary/aromatic N) is 1. The highest BCUT2D eigenvalue weighted by Crippen LogP contribution is 2.24. The van der Waals surface area contributed by atoms with E-state index in [0.717, 1.165) is 51.5 Å². The number of ether oxygens (including phenoxy) is 1. The van der Waals surface area contributed by atoms with Crippen LogP contribution in [0.15, 0.2) is 21.8 Å².